The molecule has 0 saturated carbocycles. The molecule has 3 aromatic heterocycles. The van der Waals surface area contributed by atoms with Crippen LogP contribution in [0.1, 0.15) is 28.9 Å². The Kier molecular flexibility index (Phi) is 6.22. The number of nitrogens with two attached hydrogens (primary N) is 1. The minimum Gasteiger partial charge on any atom is -0.368 e. The molecule has 28 heavy (non-hydrogen) atoms. The molecule has 0 radical (unpaired) electrons. The maximum absolute atomic E-state index is 12.8. The van der Waals surface area contributed by atoms with Crippen LogP contribution in [0.25, 0.3) is 11.0 Å². The van der Waals surface area contributed by atoms with E-state index in [0.717, 1.165) is 47.1 Å². The second-order valence-electron chi connectivity index (χ2n) is 6.82. The summed E-state index contributed by atoms with van der Waals surface area (Å²) in [5, 5.41) is 3.89. The zero-order valence-electron chi connectivity index (χ0n) is 15.4. The average Bonchev–Trinajstić information content (AvgIpc) is 3.04. The zero-order chi connectivity index (χ0) is 19.0. The highest BCUT2D eigenvalue weighted by atomic mass is 79.9. The lowest BCUT2D eigenvalue weighted by Gasteiger charge is -2.33. The normalized spacial score (nSPS) is 16.7. The Morgan fingerprint density at radius 3 is 3.00 bits per heavy atom. The van der Waals surface area contributed by atoms with Crippen LogP contribution in [0.15, 0.2) is 35.2 Å². The number of halogens is 2. The number of H-pyrrole nitrogens is 1. The van der Waals surface area contributed by atoms with Crippen LogP contribution in [0.4, 0.5) is 11.4 Å². The number of aryl methyl sites for hydroxylation is 1. The molecule has 7 nitrogen and oxygen atoms in total. The Morgan fingerprint density at radius 2 is 2.25 bits per heavy atom. The van der Waals surface area contributed by atoms with Gasteiger partial charge in [-0.15, -0.1) is 12.4 Å². The van der Waals surface area contributed by atoms with Crippen molar-refractivity contribution in [1.82, 2.24) is 15.0 Å². The minimum atomic E-state index is -0.192. The third-order valence-electron chi connectivity index (χ3n) is 4.90. The van der Waals surface area contributed by atoms with Gasteiger partial charge in [0, 0.05) is 43.4 Å². The van der Waals surface area contributed by atoms with E-state index in [-0.39, 0.29) is 24.4 Å². The first-order chi connectivity index (χ1) is 13.0. The Morgan fingerprint density at radius 1 is 1.43 bits per heavy atom. The van der Waals surface area contributed by atoms with Gasteiger partial charge in [-0.2, -0.15) is 0 Å². The highest BCUT2D eigenvalue weighted by Crippen LogP contribution is 2.38. The number of nitrogens with one attached hydrogen (secondary N) is 2. The van der Waals surface area contributed by atoms with E-state index < -0.39 is 0 Å². The first-order valence-corrected chi connectivity index (χ1v) is 9.73. The molecule has 0 aliphatic carbocycles. The molecule has 1 fully saturated rings. The standard InChI is InChI=1S/C19H21BrN6O.ClH/c1-11-13(5-2-6-22-11)19(27)25-15-9-24-18-16(15)17(14(20)8-23-18)26-7-3-4-12(21)10-26;/h2,5-6,8-9,12H,3-4,7,10,21H2,1H3,(H,23,24)(H,25,27);1H/t12-;/m1./s1. The lowest BCUT2D eigenvalue weighted by Crippen LogP contribution is -2.43. The van der Waals surface area contributed by atoms with Crippen molar-refractivity contribution in [3.63, 3.8) is 0 Å². The molecule has 0 bridgehead atoms. The van der Waals surface area contributed by atoms with Gasteiger partial charge in [0.15, 0.2) is 0 Å². The van der Waals surface area contributed by atoms with E-state index in [1.807, 2.05) is 6.92 Å². The van der Waals surface area contributed by atoms with Gasteiger partial charge in [-0.05, 0) is 47.8 Å². The number of hydrogen-bond acceptors (Lipinski definition) is 5. The summed E-state index contributed by atoms with van der Waals surface area (Å²) >= 11 is 3.63. The highest BCUT2D eigenvalue weighted by molar-refractivity contribution is 9.10. The minimum absolute atomic E-state index is 0. The molecule has 1 amide bonds. The number of carbonyl (C=O) groups excluding carboxylic acids is 1. The monoisotopic (exact) mass is 464 g/mol. The number of pyridine rings is 2. The van der Waals surface area contributed by atoms with E-state index in [4.69, 9.17) is 5.73 Å². The Labute approximate surface area is 177 Å². The van der Waals surface area contributed by atoms with Crippen molar-refractivity contribution < 1.29 is 4.79 Å². The predicted molar refractivity (Wildman–Crippen MR) is 117 cm³/mol. The first kappa shape index (κ1) is 20.6. The van der Waals surface area contributed by atoms with Crippen molar-refractivity contribution in [3.8, 4) is 0 Å². The van der Waals surface area contributed by atoms with Gasteiger partial charge >= 0.3 is 0 Å². The van der Waals surface area contributed by atoms with Crippen LogP contribution >= 0.6 is 28.3 Å². The first-order valence-electron chi connectivity index (χ1n) is 8.93. The molecule has 1 aliphatic heterocycles. The van der Waals surface area contributed by atoms with Crippen LogP contribution in [0.5, 0.6) is 0 Å². The molecule has 4 rings (SSSR count). The second kappa shape index (κ2) is 8.46. The molecule has 148 valence electrons. The Balaban J connectivity index is 0.00000225. The second-order valence-corrected chi connectivity index (χ2v) is 7.67. The Bertz CT molecular complexity index is 1010. The van der Waals surface area contributed by atoms with Crippen molar-refractivity contribution in [1.29, 1.82) is 0 Å². The summed E-state index contributed by atoms with van der Waals surface area (Å²) in [4.78, 5) is 26.8. The topological polar surface area (TPSA) is 99.9 Å². The summed E-state index contributed by atoms with van der Waals surface area (Å²) in [6.07, 6.45) is 7.31. The van der Waals surface area contributed by atoms with Crippen LogP contribution in [-0.4, -0.2) is 40.0 Å². The lowest BCUT2D eigenvalue weighted by molar-refractivity contribution is 0.102. The van der Waals surface area contributed by atoms with Crippen molar-refractivity contribution in [2.45, 2.75) is 25.8 Å². The molecular formula is C19H22BrClN6O. The van der Waals surface area contributed by atoms with E-state index in [1.165, 1.54) is 0 Å². The number of fused-ring (bicyclic) bond motifs is 1. The molecule has 1 saturated heterocycles. The smallest absolute Gasteiger partial charge is 0.257 e. The van der Waals surface area contributed by atoms with E-state index in [9.17, 15) is 4.79 Å². The summed E-state index contributed by atoms with van der Waals surface area (Å²) in [5.74, 6) is -0.192. The number of anilines is 2. The largest absolute Gasteiger partial charge is 0.368 e. The molecule has 0 unspecified atom stereocenters. The molecule has 3 aromatic rings. The third-order valence-corrected chi connectivity index (χ3v) is 5.48. The number of aromatic nitrogens is 3. The van der Waals surface area contributed by atoms with Crippen molar-refractivity contribution in [2.24, 2.45) is 5.73 Å². The highest BCUT2D eigenvalue weighted by Gasteiger charge is 2.24. The molecule has 4 heterocycles. The van der Waals surface area contributed by atoms with Gasteiger partial charge in [0.05, 0.1) is 26.8 Å². The number of aromatic amines is 1. The molecule has 9 heteroatoms. The van der Waals surface area contributed by atoms with E-state index in [2.05, 4.69) is 41.1 Å². The van der Waals surface area contributed by atoms with Gasteiger partial charge in [0.1, 0.15) is 5.65 Å². The molecular weight excluding hydrogens is 444 g/mol. The number of carbonyl (C=O) groups is 1. The summed E-state index contributed by atoms with van der Waals surface area (Å²) in [6, 6.07) is 3.67. The maximum Gasteiger partial charge on any atom is 0.257 e. The SMILES string of the molecule is Cc1ncccc1C(=O)Nc1c[nH]c2ncc(Br)c(N3CCC[C@@H](N)C3)c12.Cl. The number of rotatable bonds is 3. The van der Waals surface area contributed by atoms with Crippen LogP contribution in [-0.2, 0) is 0 Å². The third kappa shape index (κ3) is 3.85. The van der Waals surface area contributed by atoms with E-state index in [0.29, 0.717) is 16.9 Å². The summed E-state index contributed by atoms with van der Waals surface area (Å²) in [7, 11) is 0. The molecule has 0 aromatic carbocycles. The zero-order valence-corrected chi connectivity index (χ0v) is 17.8. The average molecular weight is 466 g/mol. The maximum atomic E-state index is 12.8. The molecule has 4 N–H and O–H groups in total. The number of nitrogens with zero attached hydrogens (tertiary/aromatic N) is 3. The number of amides is 1. The number of piperidine rings is 1. The van der Waals surface area contributed by atoms with Crippen LogP contribution < -0.4 is 16.0 Å². The van der Waals surface area contributed by atoms with Crippen LogP contribution in [0.3, 0.4) is 0 Å². The molecule has 0 spiro atoms. The van der Waals surface area contributed by atoms with Gasteiger partial charge in [-0.1, -0.05) is 0 Å². The van der Waals surface area contributed by atoms with Gasteiger partial charge in [-0.3, -0.25) is 9.78 Å². The Hall–Kier alpha value is -2.16. The fourth-order valence-corrected chi connectivity index (χ4v) is 4.14. The van der Waals surface area contributed by atoms with Crippen LogP contribution in [0, 0.1) is 6.92 Å². The summed E-state index contributed by atoms with van der Waals surface area (Å²) in [6.45, 7) is 3.52. The van der Waals surface area contributed by atoms with Gasteiger partial charge < -0.3 is 20.9 Å². The fraction of sp³-hybridized carbons (Fsp3) is 0.316. The number of hydrogen-bond donors (Lipinski definition) is 3. The van der Waals surface area contributed by atoms with Crippen molar-refractivity contribution >= 4 is 56.7 Å². The van der Waals surface area contributed by atoms with E-state index >= 15 is 0 Å². The molecule has 1 atom stereocenters. The summed E-state index contributed by atoms with van der Waals surface area (Å²) in [5.41, 5.74) is 9.86. The van der Waals surface area contributed by atoms with Gasteiger partial charge in [-0.25, -0.2) is 4.98 Å². The fourth-order valence-electron chi connectivity index (χ4n) is 3.59. The predicted octanol–water partition coefficient (Wildman–Crippen LogP) is 3.63. The summed E-state index contributed by atoms with van der Waals surface area (Å²) < 4.78 is 0.886. The van der Waals surface area contributed by atoms with Gasteiger partial charge in [0.2, 0.25) is 0 Å². The van der Waals surface area contributed by atoms with Crippen LogP contribution in [0.2, 0.25) is 0 Å². The quantitative estimate of drug-likeness (QED) is 0.548. The van der Waals surface area contributed by atoms with E-state index in [1.54, 1.807) is 30.7 Å². The van der Waals surface area contributed by atoms with Crippen molar-refractivity contribution in [2.75, 3.05) is 23.3 Å². The molecule has 1 aliphatic rings. The van der Waals surface area contributed by atoms with Gasteiger partial charge in [0.25, 0.3) is 5.91 Å². The van der Waals surface area contributed by atoms with Crippen molar-refractivity contribution in [3.05, 3.63) is 46.5 Å². The lowest BCUT2D eigenvalue weighted by atomic mass is 10.1.